The number of aliphatic hydroxyl groups excluding tert-OH is 1. The number of rotatable bonds is 5. The lowest BCUT2D eigenvalue weighted by molar-refractivity contribution is -0.143. The van der Waals surface area contributed by atoms with E-state index in [4.69, 9.17) is 14.4 Å². The Labute approximate surface area is 159 Å². The lowest BCUT2D eigenvalue weighted by Gasteiger charge is -2.22. The zero-order valence-corrected chi connectivity index (χ0v) is 16.9. The molecule has 1 atom stereocenters. The number of hydrogen-bond acceptors (Lipinski definition) is 7. The normalized spacial score (nSPS) is 12.3. The average molecular weight is 405 g/mol. The van der Waals surface area contributed by atoms with Gasteiger partial charge in [0.15, 0.2) is 0 Å². The first-order valence-corrected chi connectivity index (χ1v) is 9.46. The molecule has 0 aliphatic carbocycles. The summed E-state index contributed by atoms with van der Waals surface area (Å²) in [6.07, 6.45) is -0.623. The minimum absolute atomic E-state index is 0.0666. The standard InChI is InChI=1S/C10H19NO5.C7H8O3S/c1-10(2,3)16-9(14)11-7(5-6-12)8(13)15-4;1-6-2-4-7(5-3-6)11(8,9)10/h7,12H,5-6H2,1-4H3,(H,11,14);2-5H,1H3,(H,8,9,10). The monoisotopic (exact) mass is 405 g/mol. The fourth-order valence-electron chi connectivity index (χ4n) is 1.68. The van der Waals surface area contributed by atoms with Gasteiger partial charge in [-0.05, 0) is 39.8 Å². The van der Waals surface area contributed by atoms with E-state index in [9.17, 15) is 18.0 Å². The molecule has 0 radical (unpaired) electrons. The van der Waals surface area contributed by atoms with Gasteiger partial charge in [0.05, 0.1) is 12.0 Å². The maximum Gasteiger partial charge on any atom is 0.408 e. The van der Waals surface area contributed by atoms with E-state index in [1.807, 2.05) is 6.92 Å². The molecule has 154 valence electrons. The number of nitrogens with one attached hydrogen (secondary N) is 1. The van der Waals surface area contributed by atoms with Crippen LogP contribution >= 0.6 is 0 Å². The van der Waals surface area contributed by atoms with Crippen LogP contribution in [0.4, 0.5) is 4.79 Å². The van der Waals surface area contributed by atoms with E-state index < -0.39 is 33.8 Å². The van der Waals surface area contributed by atoms with Gasteiger partial charge in [0.2, 0.25) is 0 Å². The number of amides is 1. The molecule has 1 aromatic rings. The molecule has 9 nitrogen and oxygen atoms in total. The number of alkyl carbamates (subject to hydrolysis) is 1. The van der Waals surface area contributed by atoms with Gasteiger partial charge in [0.25, 0.3) is 10.1 Å². The Balaban J connectivity index is 0.000000533. The molecule has 0 saturated heterocycles. The first-order chi connectivity index (χ1) is 12.3. The van der Waals surface area contributed by atoms with Crippen molar-refractivity contribution in [3.63, 3.8) is 0 Å². The Kier molecular flexibility index (Phi) is 9.98. The van der Waals surface area contributed by atoms with E-state index in [-0.39, 0.29) is 17.9 Å². The number of carbonyl (C=O) groups excluding carboxylic acids is 2. The number of hydrogen-bond donors (Lipinski definition) is 3. The molecule has 0 fully saturated rings. The van der Waals surface area contributed by atoms with E-state index in [2.05, 4.69) is 10.1 Å². The van der Waals surface area contributed by atoms with E-state index in [0.717, 1.165) is 5.56 Å². The van der Waals surface area contributed by atoms with Crippen LogP contribution in [0.5, 0.6) is 0 Å². The van der Waals surface area contributed by atoms with Crippen molar-refractivity contribution in [3.8, 4) is 0 Å². The second-order valence-corrected chi connectivity index (χ2v) is 7.94. The summed E-state index contributed by atoms with van der Waals surface area (Å²) in [6, 6.07) is 5.10. The predicted octanol–water partition coefficient (Wildman–Crippen LogP) is 1.68. The molecule has 10 heteroatoms. The number of methoxy groups -OCH3 is 1. The molecule has 0 aromatic heterocycles. The molecule has 0 aliphatic rings. The molecule has 1 rings (SSSR count). The zero-order valence-electron chi connectivity index (χ0n) is 16.1. The highest BCUT2D eigenvalue weighted by atomic mass is 32.2. The maximum atomic E-state index is 11.3. The van der Waals surface area contributed by atoms with Crippen molar-refractivity contribution < 1.29 is 37.1 Å². The molecule has 0 saturated carbocycles. The lowest BCUT2D eigenvalue weighted by atomic mass is 10.2. The molecule has 1 amide bonds. The summed E-state index contributed by atoms with van der Waals surface area (Å²) in [5.74, 6) is -0.611. The minimum atomic E-state index is -4.02. The van der Waals surface area contributed by atoms with Gasteiger partial charge in [-0.3, -0.25) is 4.55 Å². The highest BCUT2D eigenvalue weighted by Crippen LogP contribution is 2.09. The van der Waals surface area contributed by atoms with Crippen molar-refractivity contribution in [3.05, 3.63) is 29.8 Å². The maximum absolute atomic E-state index is 11.3. The van der Waals surface area contributed by atoms with Gasteiger partial charge in [-0.15, -0.1) is 0 Å². The molecule has 0 heterocycles. The Bertz CT molecular complexity index is 707. The first kappa shape index (κ1) is 24.8. The van der Waals surface area contributed by atoms with Crippen molar-refractivity contribution in [1.82, 2.24) is 5.32 Å². The third-order valence-electron chi connectivity index (χ3n) is 2.91. The van der Waals surface area contributed by atoms with Crippen LogP contribution in [-0.4, -0.2) is 55.5 Å². The number of benzene rings is 1. The predicted molar refractivity (Wildman–Crippen MR) is 97.9 cm³/mol. The molecule has 0 aliphatic heterocycles. The van der Waals surface area contributed by atoms with Gasteiger partial charge in [-0.2, -0.15) is 8.42 Å². The summed E-state index contributed by atoms with van der Waals surface area (Å²) in [5.41, 5.74) is 0.321. The topological polar surface area (TPSA) is 139 Å². The van der Waals surface area contributed by atoms with Crippen LogP contribution in [0, 0.1) is 6.92 Å². The Morgan fingerprint density at radius 1 is 1.19 bits per heavy atom. The van der Waals surface area contributed by atoms with E-state index in [0.29, 0.717) is 0 Å². The zero-order chi connectivity index (χ0) is 21.3. The minimum Gasteiger partial charge on any atom is -0.467 e. The molecule has 3 N–H and O–H groups in total. The van der Waals surface area contributed by atoms with Crippen LogP contribution in [0.15, 0.2) is 29.2 Å². The van der Waals surface area contributed by atoms with Crippen molar-refractivity contribution in [2.75, 3.05) is 13.7 Å². The highest BCUT2D eigenvalue weighted by molar-refractivity contribution is 7.85. The molecular formula is C17H27NO8S. The average Bonchev–Trinajstić information content (AvgIpc) is 2.52. The smallest absolute Gasteiger partial charge is 0.408 e. The molecule has 27 heavy (non-hydrogen) atoms. The molecular weight excluding hydrogens is 378 g/mol. The Morgan fingerprint density at radius 3 is 2.07 bits per heavy atom. The quantitative estimate of drug-likeness (QED) is 0.497. The lowest BCUT2D eigenvalue weighted by Crippen LogP contribution is -2.44. The van der Waals surface area contributed by atoms with Crippen LogP contribution in [0.25, 0.3) is 0 Å². The van der Waals surface area contributed by atoms with E-state index >= 15 is 0 Å². The summed E-state index contributed by atoms with van der Waals surface area (Å²) < 4.78 is 39.0. The van der Waals surface area contributed by atoms with Gasteiger partial charge in [0, 0.05) is 13.0 Å². The molecule has 1 aromatic carbocycles. The fourth-order valence-corrected chi connectivity index (χ4v) is 2.16. The van der Waals surface area contributed by atoms with Crippen LogP contribution in [0.2, 0.25) is 0 Å². The van der Waals surface area contributed by atoms with Gasteiger partial charge in [-0.1, -0.05) is 17.7 Å². The SMILES string of the molecule is COC(=O)C(CCO)NC(=O)OC(C)(C)C.Cc1ccc(S(=O)(=O)O)cc1. The number of aliphatic hydroxyl groups is 1. The second-order valence-electron chi connectivity index (χ2n) is 6.52. The summed E-state index contributed by atoms with van der Waals surface area (Å²) in [7, 11) is -2.81. The van der Waals surface area contributed by atoms with Crippen LogP contribution in [-0.2, 0) is 24.4 Å². The van der Waals surface area contributed by atoms with Gasteiger partial charge in [0.1, 0.15) is 11.6 Å². The van der Waals surface area contributed by atoms with Crippen molar-refractivity contribution in [1.29, 1.82) is 0 Å². The molecule has 0 spiro atoms. The van der Waals surface area contributed by atoms with Crippen molar-refractivity contribution in [2.24, 2.45) is 0 Å². The van der Waals surface area contributed by atoms with Gasteiger partial charge in [-0.25, -0.2) is 9.59 Å². The second kappa shape index (κ2) is 10.9. The first-order valence-electron chi connectivity index (χ1n) is 8.02. The van der Waals surface area contributed by atoms with Gasteiger partial charge >= 0.3 is 12.1 Å². The van der Waals surface area contributed by atoms with Crippen molar-refractivity contribution in [2.45, 2.75) is 50.7 Å². The highest BCUT2D eigenvalue weighted by Gasteiger charge is 2.24. The summed E-state index contributed by atoms with van der Waals surface area (Å²) >= 11 is 0. The largest absolute Gasteiger partial charge is 0.467 e. The van der Waals surface area contributed by atoms with Gasteiger partial charge < -0.3 is 19.9 Å². The number of carbonyl (C=O) groups is 2. The fraction of sp³-hybridized carbons (Fsp3) is 0.529. The van der Waals surface area contributed by atoms with Crippen LogP contribution < -0.4 is 5.32 Å². The van der Waals surface area contributed by atoms with Crippen LogP contribution in [0.3, 0.4) is 0 Å². The number of esters is 1. The van der Waals surface area contributed by atoms with Crippen LogP contribution in [0.1, 0.15) is 32.8 Å². The number of ether oxygens (including phenoxy) is 2. The third-order valence-corrected chi connectivity index (χ3v) is 3.78. The van der Waals surface area contributed by atoms with E-state index in [1.165, 1.54) is 19.2 Å². The van der Waals surface area contributed by atoms with Crippen molar-refractivity contribution >= 4 is 22.2 Å². The van der Waals surface area contributed by atoms with E-state index in [1.54, 1.807) is 32.9 Å². The number of aryl methyl sites for hydroxylation is 1. The third kappa shape index (κ3) is 11.2. The Hall–Kier alpha value is -2.17. The molecule has 0 bridgehead atoms. The summed E-state index contributed by atoms with van der Waals surface area (Å²) in [6.45, 7) is 6.76. The summed E-state index contributed by atoms with van der Waals surface area (Å²) in [5, 5.41) is 11.1. The Morgan fingerprint density at radius 2 is 1.70 bits per heavy atom. The molecule has 1 unspecified atom stereocenters. The summed E-state index contributed by atoms with van der Waals surface area (Å²) in [4.78, 5) is 22.5.